The summed E-state index contributed by atoms with van der Waals surface area (Å²) in [6.07, 6.45) is 0.329. The number of hydrogen-bond acceptors (Lipinski definition) is 5. The molecule has 0 aromatic heterocycles. The molecule has 1 aliphatic rings. The van der Waals surface area contributed by atoms with Gasteiger partial charge in [0.1, 0.15) is 0 Å². The smallest absolute Gasteiger partial charge is 0.243 e. The van der Waals surface area contributed by atoms with Crippen LogP contribution in [0.1, 0.15) is 24.5 Å². The molecule has 3 rings (SSSR count). The first-order chi connectivity index (χ1) is 14.6. The van der Waals surface area contributed by atoms with Crippen molar-refractivity contribution in [1.82, 2.24) is 8.61 Å². The van der Waals surface area contributed by atoms with E-state index in [1.54, 1.807) is 38.1 Å². The van der Waals surface area contributed by atoms with Crippen LogP contribution in [-0.2, 0) is 24.8 Å². The fourth-order valence-corrected chi connectivity index (χ4v) is 6.54. The average Bonchev–Trinajstić information content (AvgIpc) is 2.74. The Labute approximate surface area is 184 Å². The van der Waals surface area contributed by atoms with Crippen LogP contribution in [0.25, 0.3) is 0 Å². The molecule has 2 aromatic rings. The Morgan fingerprint density at radius 2 is 1.42 bits per heavy atom. The maximum atomic E-state index is 13.0. The molecule has 0 radical (unpaired) electrons. The van der Waals surface area contributed by atoms with Gasteiger partial charge in [-0.3, -0.25) is 4.79 Å². The van der Waals surface area contributed by atoms with Crippen LogP contribution >= 0.6 is 0 Å². The average molecular weight is 466 g/mol. The number of nitrogens with one attached hydrogen (secondary N) is 1. The van der Waals surface area contributed by atoms with Crippen LogP contribution in [0.4, 0.5) is 5.69 Å². The molecule has 1 saturated heterocycles. The van der Waals surface area contributed by atoms with Crippen molar-refractivity contribution in [2.45, 2.75) is 37.0 Å². The summed E-state index contributed by atoms with van der Waals surface area (Å²) in [6.45, 7) is 5.69. The Morgan fingerprint density at radius 3 is 1.94 bits per heavy atom. The summed E-state index contributed by atoms with van der Waals surface area (Å²) >= 11 is 0. The van der Waals surface area contributed by atoms with Crippen molar-refractivity contribution in [3.8, 4) is 0 Å². The number of piperazine rings is 1. The van der Waals surface area contributed by atoms with Crippen LogP contribution in [0, 0.1) is 13.8 Å². The Balaban J connectivity index is 1.71. The first-order valence-corrected chi connectivity index (χ1v) is 12.9. The Kier molecular flexibility index (Phi) is 6.85. The molecule has 1 fully saturated rings. The first kappa shape index (κ1) is 23.4. The zero-order valence-corrected chi connectivity index (χ0v) is 19.5. The molecule has 0 spiro atoms. The van der Waals surface area contributed by atoms with E-state index in [2.05, 4.69) is 5.32 Å². The van der Waals surface area contributed by atoms with E-state index in [-0.39, 0.29) is 41.9 Å². The van der Waals surface area contributed by atoms with E-state index in [4.69, 9.17) is 0 Å². The lowest BCUT2D eigenvalue weighted by Gasteiger charge is -2.33. The minimum absolute atomic E-state index is 0.0702. The number of hydrogen-bond donors (Lipinski definition) is 1. The molecule has 1 N–H and O–H groups in total. The topological polar surface area (TPSA) is 104 Å². The predicted molar refractivity (Wildman–Crippen MR) is 119 cm³/mol. The quantitative estimate of drug-likeness (QED) is 0.705. The molecule has 31 heavy (non-hydrogen) atoms. The third-order valence-electron chi connectivity index (χ3n) is 5.24. The van der Waals surface area contributed by atoms with Crippen molar-refractivity contribution in [3.63, 3.8) is 0 Å². The van der Waals surface area contributed by atoms with E-state index in [1.165, 1.54) is 20.7 Å². The van der Waals surface area contributed by atoms with E-state index in [1.807, 2.05) is 13.0 Å². The van der Waals surface area contributed by atoms with E-state index in [0.29, 0.717) is 17.7 Å². The van der Waals surface area contributed by atoms with E-state index >= 15 is 0 Å². The lowest BCUT2D eigenvalue weighted by atomic mass is 10.2. The van der Waals surface area contributed by atoms with Gasteiger partial charge in [-0.15, -0.1) is 0 Å². The van der Waals surface area contributed by atoms with Crippen molar-refractivity contribution in [2.75, 3.05) is 31.5 Å². The van der Waals surface area contributed by atoms with Gasteiger partial charge in [-0.25, -0.2) is 16.8 Å². The van der Waals surface area contributed by atoms with Gasteiger partial charge in [-0.1, -0.05) is 24.6 Å². The zero-order valence-electron chi connectivity index (χ0n) is 17.8. The minimum Gasteiger partial charge on any atom is -0.326 e. The summed E-state index contributed by atoms with van der Waals surface area (Å²) < 4.78 is 54.6. The van der Waals surface area contributed by atoms with E-state index < -0.39 is 20.0 Å². The molecule has 0 saturated carbocycles. The third kappa shape index (κ3) is 4.98. The summed E-state index contributed by atoms with van der Waals surface area (Å²) in [6, 6.07) is 11.1. The number of nitrogens with zero attached hydrogens (tertiary/aromatic N) is 2. The van der Waals surface area contributed by atoms with Crippen molar-refractivity contribution < 1.29 is 21.6 Å². The summed E-state index contributed by atoms with van der Waals surface area (Å²) in [5, 5.41) is 2.67. The van der Waals surface area contributed by atoms with Gasteiger partial charge in [-0.05, 0) is 49.7 Å². The molecular weight excluding hydrogens is 438 g/mol. The summed E-state index contributed by atoms with van der Waals surface area (Å²) in [5.41, 5.74) is 2.17. The van der Waals surface area contributed by atoms with Gasteiger partial charge in [0.2, 0.25) is 26.0 Å². The van der Waals surface area contributed by atoms with Crippen LogP contribution in [-0.4, -0.2) is 57.5 Å². The van der Waals surface area contributed by atoms with Gasteiger partial charge in [0.25, 0.3) is 0 Å². The lowest BCUT2D eigenvalue weighted by molar-refractivity contribution is -0.115. The maximum absolute atomic E-state index is 13.0. The van der Waals surface area contributed by atoms with Crippen molar-refractivity contribution in [3.05, 3.63) is 53.6 Å². The molecule has 0 unspecified atom stereocenters. The van der Waals surface area contributed by atoms with Crippen LogP contribution in [0.5, 0.6) is 0 Å². The Morgan fingerprint density at radius 1 is 0.871 bits per heavy atom. The number of rotatable bonds is 6. The number of anilines is 1. The van der Waals surface area contributed by atoms with Gasteiger partial charge < -0.3 is 5.32 Å². The molecule has 1 amide bonds. The van der Waals surface area contributed by atoms with Gasteiger partial charge in [0.05, 0.1) is 9.79 Å². The number of carbonyl (C=O) groups is 1. The molecule has 0 atom stereocenters. The summed E-state index contributed by atoms with van der Waals surface area (Å²) in [4.78, 5) is 11.8. The standard InChI is InChI=1S/C21H27N3O5S2/c1-4-21(25)22-18-6-8-19(9-7-18)30(26,27)23-11-13-24(14-12-23)31(28,29)20-10-5-16(2)15-17(20)3/h5-10,15H,4,11-14H2,1-3H3,(H,22,25). The molecule has 2 aromatic carbocycles. The van der Waals surface area contributed by atoms with Gasteiger partial charge >= 0.3 is 0 Å². The highest BCUT2D eigenvalue weighted by Crippen LogP contribution is 2.25. The highest BCUT2D eigenvalue weighted by Gasteiger charge is 2.34. The largest absolute Gasteiger partial charge is 0.326 e. The highest BCUT2D eigenvalue weighted by molar-refractivity contribution is 7.89. The molecule has 10 heteroatoms. The molecule has 0 aliphatic carbocycles. The van der Waals surface area contributed by atoms with Crippen molar-refractivity contribution in [2.24, 2.45) is 0 Å². The number of aryl methyl sites for hydroxylation is 2. The fourth-order valence-electron chi connectivity index (χ4n) is 3.49. The molecular formula is C21H27N3O5S2. The van der Waals surface area contributed by atoms with Crippen LogP contribution < -0.4 is 5.32 Å². The highest BCUT2D eigenvalue weighted by atomic mass is 32.2. The first-order valence-electron chi connectivity index (χ1n) is 10.0. The second-order valence-corrected chi connectivity index (χ2v) is 11.3. The van der Waals surface area contributed by atoms with E-state index in [0.717, 1.165) is 5.56 Å². The number of sulfonamides is 2. The second-order valence-electron chi connectivity index (χ2n) is 7.50. The summed E-state index contributed by atoms with van der Waals surface area (Å²) in [7, 11) is -7.45. The second kappa shape index (κ2) is 9.07. The maximum Gasteiger partial charge on any atom is 0.243 e. The summed E-state index contributed by atoms with van der Waals surface area (Å²) in [5.74, 6) is -0.156. The van der Waals surface area contributed by atoms with Crippen molar-refractivity contribution >= 4 is 31.6 Å². The van der Waals surface area contributed by atoms with Crippen LogP contribution in [0.15, 0.2) is 52.3 Å². The minimum atomic E-state index is -3.76. The lowest BCUT2D eigenvalue weighted by Crippen LogP contribution is -2.50. The normalized spacial score (nSPS) is 16.2. The molecule has 168 valence electrons. The van der Waals surface area contributed by atoms with Crippen LogP contribution in [0.2, 0.25) is 0 Å². The van der Waals surface area contributed by atoms with Crippen LogP contribution in [0.3, 0.4) is 0 Å². The molecule has 1 aliphatic heterocycles. The van der Waals surface area contributed by atoms with E-state index in [9.17, 15) is 21.6 Å². The molecule has 8 nitrogen and oxygen atoms in total. The number of carbonyl (C=O) groups excluding carboxylic acids is 1. The number of amides is 1. The fraction of sp³-hybridized carbons (Fsp3) is 0.381. The van der Waals surface area contributed by atoms with Gasteiger partial charge in [0, 0.05) is 38.3 Å². The van der Waals surface area contributed by atoms with Gasteiger partial charge in [0.15, 0.2) is 0 Å². The zero-order chi connectivity index (χ0) is 22.8. The molecule has 0 bridgehead atoms. The van der Waals surface area contributed by atoms with Gasteiger partial charge in [-0.2, -0.15) is 8.61 Å². The third-order valence-corrected chi connectivity index (χ3v) is 9.21. The van der Waals surface area contributed by atoms with Crippen molar-refractivity contribution in [1.29, 1.82) is 0 Å². The monoisotopic (exact) mass is 465 g/mol. The number of benzene rings is 2. The molecule has 1 heterocycles. The SMILES string of the molecule is CCC(=O)Nc1ccc(S(=O)(=O)N2CCN(S(=O)(=O)c3ccc(C)cc3C)CC2)cc1. The Bertz CT molecular complexity index is 1170. The predicted octanol–water partition coefficient (Wildman–Crippen LogP) is 2.35. The Hall–Kier alpha value is -2.27.